The third kappa shape index (κ3) is 4.42. The molecule has 0 aliphatic carbocycles. The SMILES string of the molecule is COC(=O)CC(C)(C)NCc1ccc(-c2ccccc2[N+](=O)[O-])o1. The molecule has 1 aromatic carbocycles. The number of carbonyl (C=O) groups excluding carboxylic acids is 1. The van der Waals surface area contributed by atoms with Crippen molar-refractivity contribution in [3.63, 3.8) is 0 Å². The van der Waals surface area contributed by atoms with E-state index in [-0.39, 0.29) is 18.1 Å². The normalized spacial score (nSPS) is 11.3. The van der Waals surface area contributed by atoms with Crippen molar-refractivity contribution >= 4 is 11.7 Å². The average Bonchev–Trinajstić information content (AvgIpc) is 3.01. The van der Waals surface area contributed by atoms with Crippen LogP contribution in [0, 0.1) is 10.1 Å². The van der Waals surface area contributed by atoms with Crippen LogP contribution < -0.4 is 5.32 Å². The molecule has 0 aliphatic rings. The smallest absolute Gasteiger partial charge is 0.307 e. The zero-order chi connectivity index (χ0) is 17.7. The Morgan fingerprint density at radius 3 is 2.67 bits per heavy atom. The van der Waals surface area contributed by atoms with Crippen LogP contribution in [0.15, 0.2) is 40.8 Å². The lowest BCUT2D eigenvalue weighted by Crippen LogP contribution is -2.40. The van der Waals surface area contributed by atoms with E-state index in [1.807, 2.05) is 13.8 Å². The molecule has 0 unspecified atom stereocenters. The third-order valence-corrected chi connectivity index (χ3v) is 3.58. The van der Waals surface area contributed by atoms with Crippen molar-refractivity contribution in [2.45, 2.75) is 32.4 Å². The summed E-state index contributed by atoms with van der Waals surface area (Å²) in [5.41, 5.74) is -0.0290. The van der Waals surface area contributed by atoms with Crippen LogP contribution in [0.25, 0.3) is 11.3 Å². The highest BCUT2D eigenvalue weighted by Gasteiger charge is 2.23. The molecule has 7 heteroatoms. The Morgan fingerprint density at radius 2 is 2.00 bits per heavy atom. The van der Waals surface area contributed by atoms with Crippen molar-refractivity contribution in [2.75, 3.05) is 7.11 Å². The number of furan rings is 1. The van der Waals surface area contributed by atoms with Crippen LogP contribution in [0.4, 0.5) is 5.69 Å². The van der Waals surface area contributed by atoms with Gasteiger partial charge >= 0.3 is 5.97 Å². The number of ether oxygens (including phenoxy) is 1. The minimum Gasteiger partial charge on any atom is -0.469 e. The molecule has 7 nitrogen and oxygen atoms in total. The highest BCUT2D eigenvalue weighted by Crippen LogP contribution is 2.30. The van der Waals surface area contributed by atoms with Crippen molar-refractivity contribution < 1.29 is 18.9 Å². The van der Waals surface area contributed by atoms with E-state index in [1.165, 1.54) is 13.2 Å². The zero-order valence-corrected chi connectivity index (χ0v) is 13.9. The Hall–Kier alpha value is -2.67. The summed E-state index contributed by atoms with van der Waals surface area (Å²) in [6.07, 6.45) is 0.223. The molecule has 1 aromatic heterocycles. The van der Waals surface area contributed by atoms with Crippen LogP contribution in [-0.4, -0.2) is 23.5 Å². The molecule has 0 atom stereocenters. The second-order valence-electron chi connectivity index (χ2n) is 6.03. The molecular formula is C17H20N2O5. The van der Waals surface area contributed by atoms with Gasteiger partial charge in [0.25, 0.3) is 5.69 Å². The predicted molar refractivity (Wildman–Crippen MR) is 88.4 cm³/mol. The van der Waals surface area contributed by atoms with Gasteiger partial charge in [-0.2, -0.15) is 0 Å². The first-order valence-corrected chi connectivity index (χ1v) is 7.47. The predicted octanol–water partition coefficient (Wildman–Crippen LogP) is 3.29. The fourth-order valence-corrected chi connectivity index (χ4v) is 2.28. The lowest BCUT2D eigenvalue weighted by atomic mass is 10.0. The van der Waals surface area contributed by atoms with Crippen molar-refractivity contribution in [1.29, 1.82) is 0 Å². The van der Waals surface area contributed by atoms with Crippen molar-refractivity contribution in [3.8, 4) is 11.3 Å². The molecule has 0 amide bonds. The summed E-state index contributed by atoms with van der Waals surface area (Å²) >= 11 is 0. The first-order valence-electron chi connectivity index (χ1n) is 7.47. The van der Waals surface area contributed by atoms with E-state index < -0.39 is 10.5 Å². The van der Waals surface area contributed by atoms with Crippen LogP contribution in [0.1, 0.15) is 26.0 Å². The molecule has 0 radical (unpaired) electrons. The maximum atomic E-state index is 11.4. The summed E-state index contributed by atoms with van der Waals surface area (Å²) in [5, 5.41) is 14.3. The van der Waals surface area contributed by atoms with Gasteiger partial charge in [-0.05, 0) is 32.0 Å². The zero-order valence-electron chi connectivity index (χ0n) is 13.9. The Morgan fingerprint density at radius 1 is 1.29 bits per heavy atom. The number of esters is 1. The maximum Gasteiger partial charge on any atom is 0.307 e. The lowest BCUT2D eigenvalue weighted by molar-refractivity contribution is -0.384. The minimum absolute atomic E-state index is 0.00243. The Labute approximate surface area is 139 Å². The topological polar surface area (TPSA) is 94.6 Å². The van der Waals surface area contributed by atoms with Crippen LogP contribution in [0.5, 0.6) is 0 Å². The largest absolute Gasteiger partial charge is 0.469 e. The quantitative estimate of drug-likeness (QED) is 0.475. The van der Waals surface area contributed by atoms with E-state index in [1.54, 1.807) is 30.3 Å². The van der Waals surface area contributed by atoms with Crippen molar-refractivity contribution in [1.82, 2.24) is 5.32 Å². The number of methoxy groups -OCH3 is 1. The highest BCUT2D eigenvalue weighted by atomic mass is 16.6. The number of nitro benzene ring substituents is 1. The Kier molecular flexibility index (Phi) is 5.35. The number of nitro groups is 1. The fourth-order valence-electron chi connectivity index (χ4n) is 2.28. The monoisotopic (exact) mass is 332 g/mol. The summed E-state index contributed by atoms with van der Waals surface area (Å²) in [4.78, 5) is 22.0. The molecule has 0 saturated carbocycles. The third-order valence-electron chi connectivity index (χ3n) is 3.58. The van der Waals surface area contributed by atoms with Crippen LogP contribution in [0.2, 0.25) is 0 Å². The molecule has 1 heterocycles. The Bertz CT molecular complexity index is 736. The number of hydrogen-bond donors (Lipinski definition) is 1. The number of nitrogens with zero attached hydrogens (tertiary/aromatic N) is 1. The molecular weight excluding hydrogens is 312 g/mol. The van der Waals surface area contributed by atoms with E-state index >= 15 is 0 Å². The summed E-state index contributed by atoms with van der Waals surface area (Å²) in [6, 6.07) is 9.88. The van der Waals surface area contributed by atoms with Gasteiger partial charge in [-0.1, -0.05) is 12.1 Å². The molecule has 24 heavy (non-hydrogen) atoms. The van der Waals surface area contributed by atoms with E-state index in [2.05, 4.69) is 10.1 Å². The van der Waals surface area contributed by atoms with Gasteiger partial charge < -0.3 is 14.5 Å². The molecule has 128 valence electrons. The molecule has 0 aliphatic heterocycles. The van der Waals surface area contributed by atoms with E-state index in [0.717, 1.165) is 0 Å². The number of para-hydroxylation sites is 1. The van der Waals surface area contributed by atoms with Gasteiger partial charge in [0.05, 0.1) is 30.6 Å². The molecule has 2 rings (SSSR count). The van der Waals surface area contributed by atoms with Gasteiger partial charge in [0.15, 0.2) is 0 Å². The Balaban J connectivity index is 2.09. The molecule has 0 fully saturated rings. The molecule has 0 spiro atoms. The second-order valence-corrected chi connectivity index (χ2v) is 6.03. The standard InChI is InChI=1S/C17H20N2O5/c1-17(2,10-16(20)23-3)18-11-12-8-9-15(24-12)13-6-4-5-7-14(13)19(21)22/h4-9,18H,10-11H2,1-3H3. The van der Waals surface area contributed by atoms with Gasteiger partial charge in [0.1, 0.15) is 11.5 Å². The van der Waals surface area contributed by atoms with Gasteiger partial charge in [-0.25, -0.2) is 0 Å². The van der Waals surface area contributed by atoms with Crippen LogP contribution in [0.3, 0.4) is 0 Å². The summed E-state index contributed by atoms with van der Waals surface area (Å²) in [5.74, 6) is 0.763. The van der Waals surface area contributed by atoms with E-state index in [0.29, 0.717) is 23.6 Å². The minimum atomic E-state index is -0.460. The number of rotatable bonds is 7. The number of hydrogen-bond acceptors (Lipinski definition) is 6. The molecule has 2 aromatic rings. The maximum absolute atomic E-state index is 11.4. The van der Waals surface area contributed by atoms with Gasteiger partial charge in [0.2, 0.25) is 0 Å². The van der Waals surface area contributed by atoms with Crippen molar-refractivity contribution in [2.24, 2.45) is 0 Å². The summed E-state index contributed by atoms with van der Waals surface area (Å²) in [6.45, 7) is 4.16. The highest BCUT2D eigenvalue weighted by molar-refractivity contribution is 5.70. The number of nitrogens with one attached hydrogen (secondary N) is 1. The van der Waals surface area contributed by atoms with E-state index in [4.69, 9.17) is 4.42 Å². The molecule has 0 bridgehead atoms. The van der Waals surface area contributed by atoms with E-state index in [9.17, 15) is 14.9 Å². The second kappa shape index (κ2) is 7.27. The summed E-state index contributed by atoms with van der Waals surface area (Å²) < 4.78 is 10.4. The fraction of sp³-hybridized carbons (Fsp3) is 0.353. The number of benzene rings is 1. The van der Waals surface area contributed by atoms with Gasteiger partial charge in [-0.3, -0.25) is 14.9 Å². The lowest BCUT2D eigenvalue weighted by Gasteiger charge is -2.24. The van der Waals surface area contributed by atoms with Crippen molar-refractivity contribution in [3.05, 3.63) is 52.3 Å². The first-order chi connectivity index (χ1) is 11.3. The average molecular weight is 332 g/mol. The van der Waals surface area contributed by atoms with Gasteiger partial charge in [0, 0.05) is 11.6 Å². The van der Waals surface area contributed by atoms with Gasteiger partial charge in [-0.15, -0.1) is 0 Å². The van der Waals surface area contributed by atoms with Crippen LogP contribution >= 0.6 is 0 Å². The molecule has 0 saturated heterocycles. The first kappa shape index (κ1) is 17.7. The summed E-state index contributed by atoms with van der Waals surface area (Å²) in [7, 11) is 1.35. The molecule has 1 N–H and O–H groups in total. The number of carbonyl (C=O) groups is 1. The van der Waals surface area contributed by atoms with Crippen LogP contribution in [-0.2, 0) is 16.1 Å².